The Morgan fingerprint density at radius 1 is 1.11 bits per heavy atom. The van der Waals surface area contributed by atoms with E-state index in [1.54, 1.807) is 38.1 Å². The van der Waals surface area contributed by atoms with Crippen LogP contribution in [0.15, 0.2) is 47.4 Å². The first-order valence-electron chi connectivity index (χ1n) is 8.75. The average molecular weight is 404 g/mol. The molecule has 0 fully saturated rings. The van der Waals surface area contributed by atoms with Gasteiger partial charge < -0.3 is 9.64 Å². The highest BCUT2D eigenvalue weighted by Gasteiger charge is 2.21. The summed E-state index contributed by atoms with van der Waals surface area (Å²) in [4.78, 5) is 25.5. The van der Waals surface area contributed by atoms with E-state index in [-0.39, 0.29) is 23.6 Å². The lowest BCUT2D eigenvalue weighted by Crippen LogP contribution is -2.33. The van der Waals surface area contributed by atoms with Crippen LogP contribution in [0.5, 0.6) is 0 Å². The number of nitrogens with zero attached hydrogens (tertiary/aromatic N) is 1. The number of anilines is 1. The van der Waals surface area contributed by atoms with Gasteiger partial charge in [0.25, 0.3) is 15.9 Å². The van der Waals surface area contributed by atoms with Crippen LogP contribution in [-0.4, -0.2) is 45.4 Å². The van der Waals surface area contributed by atoms with Crippen molar-refractivity contribution in [2.24, 2.45) is 0 Å². The topological polar surface area (TPSA) is 92.8 Å². The molecule has 2 rings (SSSR count). The van der Waals surface area contributed by atoms with E-state index in [0.717, 1.165) is 5.56 Å². The summed E-state index contributed by atoms with van der Waals surface area (Å²) in [6, 6.07) is 11.3. The Morgan fingerprint density at radius 2 is 1.82 bits per heavy atom. The molecule has 8 heteroatoms. The lowest BCUT2D eigenvalue weighted by molar-refractivity contribution is -0.143. The molecule has 0 aliphatic carbocycles. The first-order valence-corrected chi connectivity index (χ1v) is 10.2. The van der Waals surface area contributed by atoms with Crippen LogP contribution in [0.1, 0.15) is 28.4 Å². The maximum Gasteiger partial charge on any atom is 0.325 e. The molecule has 28 heavy (non-hydrogen) atoms. The lowest BCUT2D eigenvalue weighted by atomic mass is 10.1. The van der Waals surface area contributed by atoms with Crippen LogP contribution in [0, 0.1) is 13.8 Å². The smallest absolute Gasteiger partial charge is 0.325 e. The second-order valence-corrected chi connectivity index (χ2v) is 8.10. The van der Waals surface area contributed by atoms with Crippen molar-refractivity contribution in [2.75, 3.05) is 24.9 Å². The van der Waals surface area contributed by atoms with Crippen LogP contribution < -0.4 is 4.72 Å². The Kier molecular flexibility index (Phi) is 6.80. The molecule has 2 aromatic rings. The van der Waals surface area contributed by atoms with E-state index in [9.17, 15) is 18.0 Å². The molecule has 0 radical (unpaired) electrons. The fourth-order valence-electron chi connectivity index (χ4n) is 2.60. The van der Waals surface area contributed by atoms with Crippen LogP contribution in [0.3, 0.4) is 0 Å². The quantitative estimate of drug-likeness (QED) is 0.717. The molecule has 0 atom stereocenters. The Balaban J connectivity index is 2.28. The van der Waals surface area contributed by atoms with E-state index < -0.39 is 21.9 Å². The number of nitrogens with one attached hydrogen (secondary N) is 1. The van der Waals surface area contributed by atoms with Crippen molar-refractivity contribution < 1.29 is 22.7 Å². The molecule has 0 heterocycles. The van der Waals surface area contributed by atoms with Gasteiger partial charge >= 0.3 is 5.97 Å². The number of ether oxygens (including phenoxy) is 1. The number of likely N-dealkylation sites (N-methyl/N-ethyl adjacent to an activating group) is 1. The van der Waals surface area contributed by atoms with Crippen LogP contribution in [-0.2, 0) is 19.6 Å². The zero-order valence-electron chi connectivity index (χ0n) is 16.4. The normalized spacial score (nSPS) is 11.0. The fraction of sp³-hybridized carbons (Fsp3) is 0.300. The highest BCUT2D eigenvalue weighted by Crippen LogP contribution is 2.21. The number of esters is 1. The van der Waals surface area contributed by atoms with Crippen molar-refractivity contribution in [1.29, 1.82) is 0 Å². The second kappa shape index (κ2) is 8.88. The Labute approximate surface area is 165 Å². The summed E-state index contributed by atoms with van der Waals surface area (Å²) in [6.07, 6.45) is 0. The first-order chi connectivity index (χ1) is 13.1. The SMILES string of the molecule is CCOC(=O)CN(C)C(=O)c1cc(S(=O)(=O)Nc2cccc(C)c2)ccc1C. The van der Waals surface area contributed by atoms with Gasteiger partial charge in [0.15, 0.2) is 0 Å². The molecular weight excluding hydrogens is 380 g/mol. The van der Waals surface area contributed by atoms with Crippen molar-refractivity contribution in [3.8, 4) is 0 Å². The highest BCUT2D eigenvalue weighted by atomic mass is 32.2. The van der Waals surface area contributed by atoms with Gasteiger partial charge in [0.05, 0.1) is 11.5 Å². The monoisotopic (exact) mass is 404 g/mol. The minimum atomic E-state index is -3.87. The molecule has 0 aliphatic heterocycles. The molecule has 0 saturated heterocycles. The maximum absolute atomic E-state index is 12.7. The third-order valence-corrected chi connectivity index (χ3v) is 5.42. The van der Waals surface area contributed by atoms with E-state index in [2.05, 4.69) is 4.72 Å². The van der Waals surface area contributed by atoms with Gasteiger partial charge in [0.2, 0.25) is 0 Å². The Morgan fingerprint density at radius 3 is 2.46 bits per heavy atom. The summed E-state index contributed by atoms with van der Waals surface area (Å²) in [5, 5.41) is 0. The van der Waals surface area contributed by atoms with E-state index in [1.807, 2.05) is 13.0 Å². The van der Waals surface area contributed by atoms with Gasteiger partial charge in [0.1, 0.15) is 6.54 Å². The predicted octanol–water partition coefficient (Wildman–Crippen LogP) is 2.74. The molecule has 7 nitrogen and oxygen atoms in total. The molecule has 0 spiro atoms. The summed E-state index contributed by atoms with van der Waals surface area (Å²) in [7, 11) is -2.41. The van der Waals surface area contributed by atoms with Crippen molar-refractivity contribution in [3.05, 3.63) is 59.2 Å². The van der Waals surface area contributed by atoms with Gasteiger partial charge in [-0.1, -0.05) is 18.2 Å². The molecule has 0 saturated carbocycles. The second-order valence-electron chi connectivity index (χ2n) is 6.42. The molecule has 1 N–H and O–H groups in total. The van der Waals surface area contributed by atoms with Gasteiger partial charge in [-0.3, -0.25) is 14.3 Å². The van der Waals surface area contributed by atoms with Crippen molar-refractivity contribution in [2.45, 2.75) is 25.7 Å². The van der Waals surface area contributed by atoms with Crippen LogP contribution >= 0.6 is 0 Å². The molecule has 0 aliphatic rings. The van der Waals surface area contributed by atoms with Crippen molar-refractivity contribution in [1.82, 2.24) is 4.90 Å². The number of amides is 1. The largest absolute Gasteiger partial charge is 0.465 e. The molecule has 0 unspecified atom stereocenters. The zero-order chi connectivity index (χ0) is 20.9. The van der Waals surface area contributed by atoms with Crippen LogP contribution in [0.25, 0.3) is 0 Å². The van der Waals surface area contributed by atoms with E-state index in [4.69, 9.17) is 4.74 Å². The summed E-state index contributed by atoms with van der Waals surface area (Å²) in [5.41, 5.74) is 2.17. The maximum atomic E-state index is 12.7. The van der Waals surface area contributed by atoms with Gasteiger partial charge in [-0.15, -0.1) is 0 Å². The number of aryl methyl sites for hydroxylation is 2. The summed E-state index contributed by atoms with van der Waals surface area (Å²) < 4.78 is 32.8. The number of carbonyl (C=O) groups excluding carboxylic acids is 2. The van der Waals surface area contributed by atoms with Gasteiger partial charge in [-0.05, 0) is 56.2 Å². The number of carbonyl (C=O) groups is 2. The van der Waals surface area contributed by atoms with E-state index in [0.29, 0.717) is 11.3 Å². The molecule has 150 valence electrons. The molecule has 0 aromatic heterocycles. The summed E-state index contributed by atoms with van der Waals surface area (Å²) in [5.74, 6) is -0.987. The number of rotatable bonds is 7. The molecular formula is C20H24N2O5S. The van der Waals surface area contributed by atoms with E-state index in [1.165, 1.54) is 24.1 Å². The minimum Gasteiger partial charge on any atom is -0.465 e. The number of hydrogen-bond donors (Lipinski definition) is 1. The number of sulfonamides is 1. The minimum absolute atomic E-state index is 0.0347. The summed E-state index contributed by atoms with van der Waals surface area (Å²) >= 11 is 0. The Hall–Kier alpha value is -2.87. The predicted molar refractivity (Wildman–Crippen MR) is 107 cm³/mol. The third-order valence-electron chi connectivity index (χ3n) is 4.04. The third kappa shape index (κ3) is 5.32. The zero-order valence-corrected chi connectivity index (χ0v) is 17.2. The fourth-order valence-corrected chi connectivity index (χ4v) is 3.67. The Bertz CT molecular complexity index is 986. The molecule has 1 amide bonds. The van der Waals surface area contributed by atoms with Crippen LogP contribution in [0.4, 0.5) is 5.69 Å². The van der Waals surface area contributed by atoms with Crippen molar-refractivity contribution in [3.63, 3.8) is 0 Å². The summed E-state index contributed by atoms with van der Waals surface area (Å²) in [6.45, 7) is 5.25. The molecule has 2 aromatic carbocycles. The number of hydrogen-bond acceptors (Lipinski definition) is 5. The first kappa shape index (κ1) is 21.4. The highest BCUT2D eigenvalue weighted by molar-refractivity contribution is 7.92. The van der Waals surface area contributed by atoms with Gasteiger partial charge in [-0.25, -0.2) is 8.42 Å². The van der Waals surface area contributed by atoms with Crippen molar-refractivity contribution >= 4 is 27.6 Å². The molecule has 0 bridgehead atoms. The van der Waals surface area contributed by atoms with Gasteiger partial charge in [-0.2, -0.15) is 0 Å². The standard InChI is InChI=1S/C20H24N2O5S/c1-5-27-19(23)13-22(4)20(24)18-12-17(10-9-15(18)3)28(25,26)21-16-8-6-7-14(2)11-16/h6-12,21H,5,13H2,1-4H3. The van der Waals surface area contributed by atoms with E-state index >= 15 is 0 Å². The lowest BCUT2D eigenvalue weighted by Gasteiger charge is -2.18. The average Bonchev–Trinajstić information content (AvgIpc) is 2.61. The number of benzene rings is 2. The van der Waals surface area contributed by atoms with Crippen LogP contribution in [0.2, 0.25) is 0 Å². The van der Waals surface area contributed by atoms with Gasteiger partial charge in [0, 0.05) is 18.3 Å².